The molecule has 3 atom stereocenters. The average Bonchev–Trinajstić information content (AvgIpc) is 2.80. The van der Waals surface area contributed by atoms with Gasteiger partial charge in [-0.3, -0.25) is 10.1 Å². The summed E-state index contributed by atoms with van der Waals surface area (Å²) in [7, 11) is 0. The van der Waals surface area contributed by atoms with Gasteiger partial charge in [0.25, 0.3) is 5.69 Å². The number of rotatable bonds is 4. The number of para-hydroxylation sites is 2. The number of nitro groups is 1. The lowest BCUT2D eigenvalue weighted by atomic mass is 9.65. The molecule has 154 valence electrons. The lowest BCUT2D eigenvalue weighted by Crippen LogP contribution is -2.70. The summed E-state index contributed by atoms with van der Waals surface area (Å²) in [5, 5.41) is 11.5. The van der Waals surface area contributed by atoms with Crippen molar-refractivity contribution in [3.8, 4) is 0 Å². The van der Waals surface area contributed by atoms with E-state index in [-0.39, 0.29) is 28.1 Å². The van der Waals surface area contributed by atoms with Gasteiger partial charge in [-0.25, -0.2) is 4.99 Å². The van der Waals surface area contributed by atoms with Crippen LogP contribution < -0.4 is 0 Å². The monoisotopic (exact) mass is 409 g/mol. The van der Waals surface area contributed by atoms with Gasteiger partial charge >= 0.3 is 0 Å². The normalized spacial score (nSPS) is 24.2. The Morgan fingerprint density at radius 3 is 2.45 bits per heavy atom. The van der Waals surface area contributed by atoms with Gasteiger partial charge in [-0.2, -0.15) is 0 Å². The molecule has 1 fully saturated rings. The van der Waals surface area contributed by atoms with Crippen molar-refractivity contribution in [1.29, 1.82) is 0 Å². The van der Waals surface area contributed by atoms with E-state index in [1.54, 1.807) is 18.2 Å². The van der Waals surface area contributed by atoms with E-state index in [0.29, 0.717) is 5.56 Å². The fourth-order valence-corrected chi connectivity index (χ4v) is 4.91. The van der Waals surface area contributed by atoms with Crippen LogP contribution in [0, 0.1) is 10.1 Å². The van der Waals surface area contributed by atoms with Crippen molar-refractivity contribution in [2.24, 2.45) is 4.99 Å². The lowest BCUT2D eigenvalue weighted by molar-refractivity contribution is -0.385. The molecule has 2 aliphatic rings. The van der Waals surface area contributed by atoms with E-state index < -0.39 is 0 Å². The van der Waals surface area contributed by atoms with Crippen molar-refractivity contribution in [1.82, 2.24) is 4.90 Å². The molecule has 0 N–H and O–H groups in total. The molecular weight excluding hydrogens is 386 g/mol. The third-order valence-electron chi connectivity index (χ3n) is 6.60. The number of hydrogen-bond acceptors (Lipinski definition) is 4. The molecule has 2 heterocycles. The lowest BCUT2D eigenvalue weighted by Gasteiger charge is -2.60. The minimum Gasteiger partial charge on any atom is -0.345 e. The third kappa shape index (κ3) is 2.88. The molecule has 1 saturated heterocycles. The molecule has 0 saturated carbocycles. The number of nitrogens with zero attached hydrogens (tertiary/aromatic N) is 3. The highest BCUT2D eigenvalue weighted by atomic mass is 16.6. The molecule has 3 aromatic rings. The Morgan fingerprint density at radius 1 is 1.00 bits per heavy atom. The van der Waals surface area contributed by atoms with Gasteiger partial charge in [0.2, 0.25) is 0 Å². The fourth-order valence-electron chi connectivity index (χ4n) is 4.91. The predicted molar refractivity (Wildman–Crippen MR) is 124 cm³/mol. The van der Waals surface area contributed by atoms with Gasteiger partial charge < -0.3 is 4.90 Å². The van der Waals surface area contributed by atoms with Gasteiger partial charge in [0.1, 0.15) is 5.84 Å². The van der Waals surface area contributed by atoms with E-state index in [2.05, 4.69) is 49.1 Å². The first-order valence-corrected chi connectivity index (χ1v) is 10.5. The van der Waals surface area contributed by atoms with Crippen LogP contribution in [-0.4, -0.2) is 21.7 Å². The molecule has 0 amide bonds. The van der Waals surface area contributed by atoms with Crippen LogP contribution in [0.1, 0.15) is 36.6 Å². The van der Waals surface area contributed by atoms with Crippen LogP contribution in [0.15, 0.2) is 89.9 Å². The molecule has 3 aromatic carbocycles. The molecule has 31 heavy (non-hydrogen) atoms. The number of aliphatic imine (C=N–C) groups is 1. The number of nitro benzene ring substituents is 1. The Labute approximate surface area is 181 Å². The summed E-state index contributed by atoms with van der Waals surface area (Å²) in [6.45, 7) is 4.41. The molecule has 0 radical (unpaired) electrons. The highest BCUT2D eigenvalue weighted by Gasteiger charge is 2.57. The fraction of sp³-hybridized carbons (Fsp3) is 0.192. The topological polar surface area (TPSA) is 58.7 Å². The van der Waals surface area contributed by atoms with Crippen LogP contribution >= 0.6 is 0 Å². The van der Waals surface area contributed by atoms with Crippen LogP contribution in [0.4, 0.5) is 11.4 Å². The summed E-state index contributed by atoms with van der Waals surface area (Å²) in [4.78, 5) is 18.5. The Balaban J connectivity index is 1.62. The number of hydrogen-bond donors (Lipinski definition) is 0. The molecule has 5 nitrogen and oxygen atoms in total. The molecular formula is C26H23N3O2. The van der Waals surface area contributed by atoms with Crippen molar-refractivity contribution in [3.05, 3.63) is 112 Å². The van der Waals surface area contributed by atoms with Crippen LogP contribution in [0.3, 0.4) is 0 Å². The van der Waals surface area contributed by atoms with Gasteiger partial charge in [-0.15, -0.1) is 0 Å². The minimum atomic E-state index is -0.330. The van der Waals surface area contributed by atoms with E-state index >= 15 is 0 Å². The predicted octanol–water partition coefficient (Wildman–Crippen LogP) is 6.05. The second-order valence-electron chi connectivity index (χ2n) is 8.27. The molecule has 0 spiro atoms. The van der Waals surface area contributed by atoms with E-state index in [1.807, 2.05) is 42.5 Å². The van der Waals surface area contributed by atoms with Crippen molar-refractivity contribution in [3.63, 3.8) is 0 Å². The van der Waals surface area contributed by atoms with Crippen LogP contribution in [0.25, 0.3) is 6.08 Å². The van der Waals surface area contributed by atoms with E-state index in [9.17, 15) is 10.1 Å². The molecule has 0 bridgehead atoms. The van der Waals surface area contributed by atoms with Gasteiger partial charge in [-0.05, 0) is 31.5 Å². The van der Waals surface area contributed by atoms with Crippen LogP contribution in [0.5, 0.6) is 0 Å². The second kappa shape index (κ2) is 7.20. The van der Waals surface area contributed by atoms with Gasteiger partial charge in [-0.1, -0.05) is 72.8 Å². The van der Waals surface area contributed by atoms with Crippen LogP contribution in [-0.2, 0) is 5.41 Å². The van der Waals surface area contributed by atoms with E-state index in [1.165, 1.54) is 11.1 Å². The first-order chi connectivity index (χ1) is 15.0. The molecule has 0 unspecified atom stereocenters. The number of amidine groups is 1. The second-order valence-corrected chi connectivity index (χ2v) is 8.27. The zero-order chi connectivity index (χ0) is 21.6. The first-order valence-electron chi connectivity index (χ1n) is 10.5. The number of benzene rings is 3. The molecule has 5 rings (SSSR count). The Hall–Kier alpha value is -3.73. The smallest absolute Gasteiger partial charge is 0.276 e. The summed E-state index contributed by atoms with van der Waals surface area (Å²) in [5.41, 5.74) is 3.82. The van der Waals surface area contributed by atoms with Crippen molar-refractivity contribution < 1.29 is 4.92 Å². The van der Waals surface area contributed by atoms with Crippen molar-refractivity contribution in [2.75, 3.05) is 0 Å². The summed E-state index contributed by atoms with van der Waals surface area (Å²) in [5.74, 6) is 1.04. The zero-order valence-corrected chi connectivity index (χ0v) is 17.5. The van der Waals surface area contributed by atoms with Gasteiger partial charge in [0.15, 0.2) is 0 Å². The maximum Gasteiger partial charge on any atom is 0.276 e. The highest BCUT2D eigenvalue weighted by Crippen LogP contribution is 2.52. The number of fused-ring (bicyclic) bond motifs is 2. The third-order valence-corrected chi connectivity index (χ3v) is 6.60. The summed E-state index contributed by atoms with van der Waals surface area (Å²) >= 11 is 0. The Morgan fingerprint density at radius 2 is 1.68 bits per heavy atom. The molecule has 5 heteroatoms. The summed E-state index contributed by atoms with van der Waals surface area (Å²) in [6.07, 6.45) is 3.98. The van der Waals surface area contributed by atoms with Crippen molar-refractivity contribution >= 4 is 23.3 Å². The minimum absolute atomic E-state index is 0.0248. The first kappa shape index (κ1) is 19.2. The Bertz CT molecular complexity index is 1220. The maximum atomic E-state index is 11.5. The van der Waals surface area contributed by atoms with E-state index in [0.717, 1.165) is 11.5 Å². The summed E-state index contributed by atoms with van der Waals surface area (Å²) < 4.78 is 0. The maximum absolute atomic E-state index is 11.5. The molecule has 2 aliphatic heterocycles. The van der Waals surface area contributed by atoms with Gasteiger partial charge in [0, 0.05) is 11.6 Å². The zero-order valence-electron chi connectivity index (χ0n) is 17.5. The van der Waals surface area contributed by atoms with E-state index in [4.69, 9.17) is 4.99 Å². The molecule has 0 aliphatic carbocycles. The van der Waals surface area contributed by atoms with Gasteiger partial charge in [0.05, 0.1) is 33.7 Å². The Kier molecular flexibility index (Phi) is 4.47. The van der Waals surface area contributed by atoms with Crippen LogP contribution in [0.2, 0.25) is 0 Å². The average molecular weight is 409 g/mol. The standard InChI is InChI=1S/C26H23N3O2/c1-18-21-13-7-8-14-22(21)27-25-26(2,20-11-4-3-5-12-20)24(28(18)25)17-16-19-10-6-9-15-23(19)29(30)31/h3-18,24H,1-2H3/b17-16+/t18-,24-,26+/m0/s1. The SMILES string of the molecule is C[C@H]1c2ccccc2N=C2N1[C@@H](/C=C/c1ccccc1[N+](=O)[O-])[C@@]2(C)c1ccccc1. The molecule has 0 aromatic heterocycles. The highest BCUT2D eigenvalue weighted by molar-refractivity contribution is 6.03. The van der Waals surface area contributed by atoms with Crippen molar-refractivity contribution in [2.45, 2.75) is 31.3 Å². The largest absolute Gasteiger partial charge is 0.345 e. The summed E-state index contributed by atoms with van der Waals surface area (Å²) in [6, 6.07) is 25.7. The quantitative estimate of drug-likeness (QED) is 0.389.